The van der Waals surface area contributed by atoms with Gasteiger partial charge in [-0.3, -0.25) is 4.79 Å². The molecule has 0 radical (unpaired) electrons. The van der Waals surface area contributed by atoms with E-state index in [0.717, 1.165) is 5.56 Å². The summed E-state index contributed by atoms with van der Waals surface area (Å²) in [6.45, 7) is 7.84. The van der Waals surface area contributed by atoms with Crippen molar-refractivity contribution in [1.82, 2.24) is 14.6 Å². The van der Waals surface area contributed by atoms with Crippen molar-refractivity contribution in [2.45, 2.75) is 36.4 Å². The lowest BCUT2D eigenvalue weighted by molar-refractivity contribution is -0.118. The topological polar surface area (TPSA) is 79.4 Å². The van der Waals surface area contributed by atoms with Crippen molar-refractivity contribution in [3.05, 3.63) is 48.7 Å². The molecular formula is C19H23N3O3S2. The van der Waals surface area contributed by atoms with Crippen molar-refractivity contribution in [3.63, 3.8) is 0 Å². The summed E-state index contributed by atoms with van der Waals surface area (Å²) in [4.78, 5) is 16.1. The van der Waals surface area contributed by atoms with Gasteiger partial charge in [0.15, 0.2) is 4.21 Å². The normalized spacial score (nSPS) is 17.4. The highest BCUT2D eigenvalue weighted by Crippen LogP contribution is 2.34. The Hall–Kier alpha value is -2.03. The lowest BCUT2D eigenvalue weighted by Gasteiger charge is -2.38. The molecule has 1 aromatic heterocycles. The monoisotopic (exact) mass is 405 g/mol. The summed E-state index contributed by atoms with van der Waals surface area (Å²) in [5.41, 5.74) is 1.01. The fourth-order valence-corrected chi connectivity index (χ4v) is 6.23. The van der Waals surface area contributed by atoms with Gasteiger partial charge in [0, 0.05) is 24.2 Å². The molecule has 1 fully saturated rings. The van der Waals surface area contributed by atoms with Crippen LogP contribution in [0.15, 0.2) is 47.2 Å². The highest BCUT2D eigenvalue weighted by Gasteiger charge is 2.37. The number of hydrogen-bond donors (Lipinski definition) is 1. The van der Waals surface area contributed by atoms with Crippen molar-refractivity contribution in [1.29, 1.82) is 0 Å². The van der Waals surface area contributed by atoms with E-state index in [2.05, 4.69) is 16.9 Å². The number of benzene rings is 1. The molecule has 0 spiro atoms. The molecule has 0 unspecified atom stereocenters. The van der Waals surface area contributed by atoms with Crippen molar-refractivity contribution in [3.8, 4) is 10.6 Å². The van der Waals surface area contributed by atoms with Gasteiger partial charge in [-0.2, -0.15) is 4.31 Å². The van der Waals surface area contributed by atoms with Crippen molar-refractivity contribution >= 4 is 27.3 Å². The molecule has 0 atom stereocenters. The quantitative estimate of drug-likeness (QED) is 0.776. The van der Waals surface area contributed by atoms with Crippen LogP contribution in [-0.2, 0) is 14.8 Å². The van der Waals surface area contributed by atoms with Gasteiger partial charge >= 0.3 is 0 Å². The molecule has 1 aromatic carbocycles. The third-order valence-electron chi connectivity index (χ3n) is 4.79. The van der Waals surface area contributed by atoms with Crippen LogP contribution >= 0.6 is 11.3 Å². The molecule has 0 aliphatic carbocycles. The van der Waals surface area contributed by atoms with E-state index in [4.69, 9.17) is 0 Å². The zero-order valence-corrected chi connectivity index (χ0v) is 17.1. The van der Waals surface area contributed by atoms with Crippen LogP contribution < -0.4 is 5.32 Å². The van der Waals surface area contributed by atoms with Crippen molar-refractivity contribution < 1.29 is 13.2 Å². The number of aryl methyl sites for hydroxylation is 1. The first kappa shape index (κ1) is 19.7. The molecule has 8 heteroatoms. The van der Waals surface area contributed by atoms with Gasteiger partial charge < -0.3 is 5.32 Å². The van der Waals surface area contributed by atoms with E-state index in [0.29, 0.717) is 40.8 Å². The molecule has 1 saturated heterocycles. The van der Waals surface area contributed by atoms with Gasteiger partial charge in [-0.25, -0.2) is 13.4 Å². The van der Waals surface area contributed by atoms with Crippen LogP contribution in [0.4, 0.5) is 0 Å². The van der Waals surface area contributed by atoms with Crippen LogP contribution in [0.3, 0.4) is 0 Å². The second-order valence-electron chi connectivity index (χ2n) is 6.92. The summed E-state index contributed by atoms with van der Waals surface area (Å²) >= 11 is 1.20. The molecular weight excluding hydrogens is 382 g/mol. The van der Waals surface area contributed by atoms with Crippen molar-refractivity contribution in [2.24, 2.45) is 0 Å². The summed E-state index contributed by atoms with van der Waals surface area (Å²) in [7, 11) is -3.61. The minimum absolute atomic E-state index is 0.236. The van der Waals surface area contributed by atoms with Crippen LogP contribution in [-0.4, -0.2) is 42.2 Å². The maximum Gasteiger partial charge on any atom is 0.254 e. The van der Waals surface area contributed by atoms with E-state index in [1.165, 1.54) is 21.7 Å². The minimum Gasteiger partial charge on any atom is -0.347 e. The molecule has 1 aliphatic rings. The number of sulfonamides is 1. The third kappa shape index (κ3) is 4.12. The largest absolute Gasteiger partial charge is 0.347 e. The van der Waals surface area contributed by atoms with E-state index in [1.54, 1.807) is 6.92 Å². The summed E-state index contributed by atoms with van der Waals surface area (Å²) in [5.74, 6) is -0.236. The smallest absolute Gasteiger partial charge is 0.254 e. The van der Waals surface area contributed by atoms with Gasteiger partial charge in [0.2, 0.25) is 5.91 Å². The Morgan fingerprint density at radius 1 is 1.30 bits per heavy atom. The number of carbonyl (C=O) groups is 1. The maximum absolute atomic E-state index is 13.1. The van der Waals surface area contributed by atoms with Crippen LogP contribution in [0.5, 0.6) is 0 Å². The number of aromatic nitrogens is 1. The molecule has 3 rings (SSSR count). The van der Waals surface area contributed by atoms with E-state index in [1.807, 2.05) is 37.3 Å². The van der Waals surface area contributed by atoms with Crippen molar-refractivity contribution in [2.75, 3.05) is 13.1 Å². The molecule has 0 saturated carbocycles. The predicted octanol–water partition coefficient (Wildman–Crippen LogP) is 2.96. The Labute approximate surface area is 164 Å². The number of hydrogen-bond acceptors (Lipinski definition) is 5. The summed E-state index contributed by atoms with van der Waals surface area (Å²) in [6.07, 6.45) is 2.34. The number of amides is 1. The Kier molecular flexibility index (Phi) is 5.50. The van der Waals surface area contributed by atoms with Crippen LogP contribution in [0, 0.1) is 6.92 Å². The Morgan fingerprint density at radius 2 is 1.93 bits per heavy atom. The number of piperidine rings is 1. The number of nitrogens with one attached hydrogen (secondary N) is 1. The first-order chi connectivity index (χ1) is 12.7. The average Bonchev–Trinajstić information content (AvgIpc) is 3.05. The first-order valence-electron chi connectivity index (χ1n) is 8.73. The zero-order chi connectivity index (χ0) is 19.7. The number of nitrogens with zero attached hydrogens (tertiary/aromatic N) is 2. The summed E-state index contributed by atoms with van der Waals surface area (Å²) in [5, 5.41) is 3.61. The Balaban J connectivity index is 1.79. The number of thiazole rings is 1. The van der Waals surface area contributed by atoms with E-state index < -0.39 is 15.6 Å². The van der Waals surface area contributed by atoms with Gasteiger partial charge in [0.1, 0.15) is 5.01 Å². The molecule has 6 nitrogen and oxygen atoms in total. The maximum atomic E-state index is 13.1. The van der Waals surface area contributed by atoms with Gasteiger partial charge in [-0.15, -0.1) is 11.3 Å². The lowest BCUT2D eigenvalue weighted by Crippen LogP contribution is -2.53. The molecule has 1 N–H and O–H groups in total. The summed E-state index contributed by atoms with van der Waals surface area (Å²) in [6, 6.07) is 9.57. The molecule has 27 heavy (non-hydrogen) atoms. The SMILES string of the molecule is C=CC(=O)NC1(C)CCN(S(=O)(=O)c2sc(-c3ccccc3)nc2C)CC1. The Bertz CT molecular complexity index is 944. The highest BCUT2D eigenvalue weighted by molar-refractivity contribution is 7.91. The van der Waals surface area contributed by atoms with Gasteiger partial charge in [-0.05, 0) is 32.8 Å². The van der Waals surface area contributed by atoms with Crippen LogP contribution in [0.25, 0.3) is 10.6 Å². The van der Waals surface area contributed by atoms with Gasteiger partial charge in [0.05, 0.1) is 5.69 Å². The lowest BCUT2D eigenvalue weighted by atomic mass is 9.90. The van der Waals surface area contributed by atoms with Crippen LogP contribution in [0.2, 0.25) is 0 Å². The zero-order valence-electron chi connectivity index (χ0n) is 15.4. The molecule has 2 heterocycles. The van der Waals surface area contributed by atoms with E-state index in [9.17, 15) is 13.2 Å². The van der Waals surface area contributed by atoms with E-state index >= 15 is 0 Å². The summed E-state index contributed by atoms with van der Waals surface area (Å²) < 4.78 is 28.1. The first-order valence-corrected chi connectivity index (χ1v) is 11.0. The average molecular weight is 406 g/mol. The number of carbonyl (C=O) groups excluding carboxylic acids is 1. The number of rotatable bonds is 5. The molecule has 2 aromatic rings. The predicted molar refractivity (Wildman–Crippen MR) is 107 cm³/mol. The fourth-order valence-electron chi connectivity index (χ4n) is 3.14. The van der Waals surface area contributed by atoms with Crippen LogP contribution in [0.1, 0.15) is 25.5 Å². The standard InChI is InChI=1S/C19H23N3O3S2/c1-4-16(23)21-19(3)10-12-22(13-11-19)27(24,25)18-14(2)20-17(26-18)15-8-6-5-7-9-15/h4-9H,1,10-13H2,2-3H3,(H,21,23). The third-order valence-corrected chi connectivity index (χ3v) is 8.48. The minimum atomic E-state index is -3.61. The second-order valence-corrected chi connectivity index (χ2v) is 10.0. The molecule has 1 aliphatic heterocycles. The van der Waals surface area contributed by atoms with Gasteiger partial charge in [0.25, 0.3) is 10.0 Å². The second kappa shape index (κ2) is 7.53. The fraction of sp³-hybridized carbons (Fsp3) is 0.368. The Morgan fingerprint density at radius 3 is 2.52 bits per heavy atom. The molecule has 144 valence electrons. The molecule has 0 bridgehead atoms. The molecule has 1 amide bonds. The van der Waals surface area contributed by atoms with Gasteiger partial charge in [-0.1, -0.05) is 36.9 Å². The highest BCUT2D eigenvalue weighted by atomic mass is 32.2. The van der Waals surface area contributed by atoms with E-state index in [-0.39, 0.29) is 5.91 Å².